The Kier molecular flexibility index (Phi) is 5.74. The van der Waals surface area contributed by atoms with E-state index in [0.29, 0.717) is 12.2 Å². The summed E-state index contributed by atoms with van der Waals surface area (Å²) in [7, 11) is 0. The van der Waals surface area contributed by atoms with Gasteiger partial charge in [-0.05, 0) is 59.8 Å². The molecular formula is C16H15IN2O2. The minimum atomic E-state index is -0.237. The second-order valence-electron chi connectivity index (χ2n) is 4.18. The molecule has 1 N–H and O–H groups in total. The third-order valence-electron chi connectivity index (χ3n) is 2.68. The maximum Gasteiger partial charge on any atom is 0.271 e. The van der Waals surface area contributed by atoms with Crippen LogP contribution in [0.3, 0.4) is 0 Å². The number of para-hydroxylation sites is 1. The lowest BCUT2D eigenvalue weighted by atomic mass is 10.2. The van der Waals surface area contributed by atoms with E-state index < -0.39 is 0 Å². The van der Waals surface area contributed by atoms with E-state index in [0.717, 1.165) is 14.9 Å². The number of carbonyl (C=O) groups excluding carboxylic acids is 1. The summed E-state index contributed by atoms with van der Waals surface area (Å²) in [5, 5.41) is 3.98. The number of hydrogen-bond donors (Lipinski definition) is 1. The molecule has 2 aromatic carbocycles. The van der Waals surface area contributed by atoms with E-state index in [1.165, 1.54) is 0 Å². The van der Waals surface area contributed by atoms with Crippen molar-refractivity contribution in [3.05, 3.63) is 63.2 Å². The molecule has 1 amide bonds. The highest BCUT2D eigenvalue weighted by molar-refractivity contribution is 14.1. The van der Waals surface area contributed by atoms with Gasteiger partial charge in [-0.1, -0.05) is 18.2 Å². The first kappa shape index (κ1) is 15.5. The van der Waals surface area contributed by atoms with E-state index in [1.807, 2.05) is 43.3 Å². The molecule has 4 nitrogen and oxygen atoms in total. The molecule has 0 aliphatic carbocycles. The molecule has 0 bridgehead atoms. The van der Waals surface area contributed by atoms with E-state index in [1.54, 1.807) is 18.3 Å². The van der Waals surface area contributed by atoms with Crippen LogP contribution in [-0.2, 0) is 0 Å². The minimum absolute atomic E-state index is 0.237. The molecule has 2 aromatic rings. The number of rotatable bonds is 5. The van der Waals surface area contributed by atoms with E-state index >= 15 is 0 Å². The summed E-state index contributed by atoms with van der Waals surface area (Å²) < 4.78 is 6.50. The first-order chi connectivity index (χ1) is 10.2. The maximum absolute atomic E-state index is 11.9. The van der Waals surface area contributed by atoms with Crippen LogP contribution in [0, 0.1) is 3.57 Å². The molecule has 0 saturated carbocycles. The summed E-state index contributed by atoms with van der Waals surface area (Å²) in [6.45, 7) is 2.51. The number of hydrazone groups is 1. The monoisotopic (exact) mass is 394 g/mol. The first-order valence-electron chi connectivity index (χ1n) is 6.51. The quantitative estimate of drug-likeness (QED) is 0.480. The van der Waals surface area contributed by atoms with Crippen LogP contribution in [0.4, 0.5) is 0 Å². The number of halogens is 1. The topological polar surface area (TPSA) is 50.7 Å². The molecular weight excluding hydrogens is 379 g/mol. The molecule has 0 saturated heterocycles. The third-order valence-corrected chi connectivity index (χ3v) is 3.35. The number of hydrogen-bond acceptors (Lipinski definition) is 3. The fourth-order valence-electron chi connectivity index (χ4n) is 1.73. The van der Waals surface area contributed by atoms with Crippen LogP contribution in [-0.4, -0.2) is 18.7 Å². The summed E-state index contributed by atoms with van der Waals surface area (Å²) >= 11 is 2.16. The number of ether oxygens (including phenoxy) is 1. The average Bonchev–Trinajstić information content (AvgIpc) is 2.49. The van der Waals surface area contributed by atoms with Gasteiger partial charge in [-0.15, -0.1) is 0 Å². The van der Waals surface area contributed by atoms with Gasteiger partial charge in [0.1, 0.15) is 5.75 Å². The van der Waals surface area contributed by atoms with Gasteiger partial charge < -0.3 is 4.74 Å². The van der Waals surface area contributed by atoms with Crippen LogP contribution in [0.15, 0.2) is 53.6 Å². The van der Waals surface area contributed by atoms with Crippen LogP contribution >= 0.6 is 22.6 Å². The van der Waals surface area contributed by atoms with E-state index in [9.17, 15) is 4.79 Å². The van der Waals surface area contributed by atoms with Crippen molar-refractivity contribution in [2.24, 2.45) is 5.10 Å². The third kappa shape index (κ3) is 4.56. The lowest BCUT2D eigenvalue weighted by Crippen LogP contribution is -2.17. The number of nitrogens with one attached hydrogen (secondary N) is 1. The summed E-state index contributed by atoms with van der Waals surface area (Å²) in [5.74, 6) is 0.505. The van der Waals surface area contributed by atoms with Gasteiger partial charge in [-0.3, -0.25) is 4.79 Å². The van der Waals surface area contributed by atoms with Crippen molar-refractivity contribution < 1.29 is 9.53 Å². The molecule has 0 aromatic heterocycles. The Hall–Kier alpha value is -1.89. The highest BCUT2D eigenvalue weighted by Gasteiger charge is 2.04. The molecule has 0 spiro atoms. The van der Waals surface area contributed by atoms with E-state index in [-0.39, 0.29) is 5.91 Å². The van der Waals surface area contributed by atoms with Gasteiger partial charge in [0.15, 0.2) is 0 Å². The van der Waals surface area contributed by atoms with Crippen molar-refractivity contribution in [2.75, 3.05) is 6.61 Å². The number of amides is 1. The molecule has 2 rings (SSSR count). The SMILES string of the molecule is CCOc1ccccc1C=NNC(=O)c1cccc(I)c1. The van der Waals surface area contributed by atoms with Crippen molar-refractivity contribution in [1.82, 2.24) is 5.43 Å². The standard InChI is InChI=1S/C16H15IN2O2/c1-2-21-15-9-4-3-6-13(15)11-18-19-16(20)12-7-5-8-14(17)10-12/h3-11H,2H2,1H3,(H,19,20). The largest absolute Gasteiger partial charge is 0.493 e. The highest BCUT2D eigenvalue weighted by Crippen LogP contribution is 2.15. The Labute approximate surface area is 137 Å². The Morgan fingerprint density at radius 2 is 2.10 bits per heavy atom. The molecule has 0 atom stereocenters. The van der Waals surface area contributed by atoms with Crippen LogP contribution in [0.2, 0.25) is 0 Å². The zero-order valence-corrected chi connectivity index (χ0v) is 13.7. The minimum Gasteiger partial charge on any atom is -0.493 e. The molecule has 0 aliphatic heterocycles. The molecule has 21 heavy (non-hydrogen) atoms. The molecule has 0 heterocycles. The first-order valence-corrected chi connectivity index (χ1v) is 7.59. The predicted octanol–water partition coefficient (Wildman–Crippen LogP) is 3.45. The smallest absolute Gasteiger partial charge is 0.271 e. The van der Waals surface area contributed by atoms with E-state index in [4.69, 9.17) is 4.74 Å². The molecule has 0 fully saturated rings. The van der Waals surface area contributed by atoms with Gasteiger partial charge in [-0.25, -0.2) is 5.43 Å². The Morgan fingerprint density at radius 3 is 2.86 bits per heavy atom. The number of nitrogens with zero attached hydrogens (tertiary/aromatic N) is 1. The Balaban J connectivity index is 2.04. The lowest BCUT2D eigenvalue weighted by Gasteiger charge is -2.06. The van der Waals surface area contributed by atoms with Gasteiger partial charge >= 0.3 is 0 Å². The summed E-state index contributed by atoms with van der Waals surface area (Å²) in [6.07, 6.45) is 1.58. The van der Waals surface area contributed by atoms with Crippen molar-refractivity contribution in [2.45, 2.75) is 6.92 Å². The van der Waals surface area contributed by atoms with Gasteiger partial charge in [0.25, 0.3) is 5.91 Å². The number of carbonyl (C=O) groups is 1. The summed E-state index contributed by atoms with van der Waals surface area (Å²) in [4.78, 5) is 11.9. The van der Waals surface area contributed by atoms with Crippen LogP contribution in [0.1, 0.15) is 22.8 Å². The maximum atomic E-state index is 11.9. The van der Waals surface area contributed by atoms with Crippen molar-refractivity contribution in [1.29, 1.82) is 0 Å². The lowest BCUT2D eigenvalue weighted by molar-refractivity contribution is 0.0955. The van der Waals surface area contributed by atoms with Crippen molar-refractivity contribution in [3.63, 3.8) is 0 Å². The van der Waals surface area contributed by atoms with Crippen LogP contribution < -0.4 is 10.2 Å². The van der Waals surface area contributed by atoms with Crippen molar-refractivity contribution >= 4 is 34.7 Å². The molecule has 0 radical (unpaired) electrons. The average molecular weight is 394 g/mol. The number of benzene rings is 2. The second-order valence-corrected chi connectivity index (χ2v) is 5.43. The zero-order chi connectivity index (χ0) is 15.1. The summed E-state index contributed by atoms with van der Waals surface area (Å²) in [5.41, 5.74) is 3.92. The molecule has 5 heteroatoms. The van der Waals surface area contributed by atoms with Gasteiger partial charge in [0, 0.05) is 14.7 Å². The Morgan fingerprint density at radius 1 is 1.29 bits per heavy atom. The van der Waals surface area contributed by atoms with Crippen molar-refractivity contribution in [3.8, 4) is 5.75 Å². The van der Waals surface area contributed by atoms with E-state index in [2.05, 4.69) is 33.1 Å². The zero-order valence-electron chi connectivity index (χ0n) is 11.5. The second kappa shape index (κ2) is 7.78. The molecule has 108 valence electrons. The fraction of sp³-hybridized carbons (Fsp3) is 0.125. The fourth-order valence-corrected chi connectivity index (χ4v) is 2.27. The van der Waals surface area contributed by atoms with Crippen LogP contribution in [0.5, 0.6) is 5.75 Å². The van der Waals surface area contributed by atoms with Gasteiger partial charge in [0.05, 0.1) is 12.8 Å². The van der Waals surface area contributed by atoms with Gasteiger partial charge in [0.2, 0.25) is 0 Å². The molecule has 0 unspecified atom stereocenters. The summed E-state index contributed by atoms with van der Waals surface area (Å²) in [6, 6.07) is 14.9. The van der Waals surface area contributed by atoms with Crippen LogP contribution in [0.25, 0.3) is 0 Å². The normalized spacial score (nSPS) is 10.6. The van der Waals surface area contributed by atoms with Gasteiger partial charge in [-0.2, -0.15) is 5.10 Å². The predicted molar refractivity (Wildman–Crippen MR) is 91.8 cm³/mol. The highest BCUT2D eigenvalue weighted by atomic mass is 127. The molecule has 0 aliphatic rings. The Bertz CT molecular complexity index is 656.